The summed E-state index contributed by atoms with van der Waals surface area (Å²) in [5.74, 6) is -0.431. The number of carbonyl (C=O) groups excluding carboxylic acids is 2. The minimum absolute atomic E-state index is 0.00414. The van der Waals surface area contributed by atoms with Gasteiger partial charge in [0, 0.05) is 11.3 Å². The number of aryl methyl sites for hydroxylation is 2. The van der Waals surface area contributed by atoms with Crippen LogP contribution in [0.5, 0.6) is 5.75 Å². The molecular weight excluding hydrogens is 418 g/mol. The lowest BCUT2D eigenvalue weighted by molar-refractivity contribution is 0.0970. The largest absolute Gasteiger partial charge is 0.508 e. The summed E-state index contributed by atoms with van der Waals surface area (Å²) < 4.78 is 6.03. The monoisotopic (exact) mass is 439 g/mol. The molecule has 6 heteroatoms. The van der Waals surface area contributed by atoms with Crippen molar-refractivity contribution in [1.82, 2.24) is 0 Å². The van der Waals surface area contributed by atoms with Crippen LogP contribution in [0.3, 0.4) is 0 Å². The molecule has 1 aliphatic heterocycles. The Labute approximate surface area is 189 Å². The van der Waals surface area contributed by atoms with Crippen LogP contribution in [0.1, 0.15) is 56.1 Å². The fraction of sp³-hybridized carbons (Fsp3) is 0.148. The van der Waals surface area contributed by atoms with Crippen LogP contribution in [-0.2, 0) is 0 Å². The van der Waals surface area contributed by atoms with Gasteiger partial charge < -0.3 is 9.52 Å². The molecule has 0 fully saturated rings. The molecule has 1 amide bonds. The lowest BCUT2D eigenvalue weighted by atomic mass is 9.97. The highest BCUT2D eigenvalue weighted by Crippen LogP contribution is 2.41. The number of carbonyl (C=O) groups is 2. The van der Waals surface area contributed by atoms with Gasteiger partial charge in [0.05, 0.1) is 17.0 Å². The molecule has 164 valence electrons. The van der Waals surface area contributed by atoms with Crippen LogP contribution in [0.15, 0.2) is 69.9 Å². The van der Waals surface area contributed by atoms with Gasteiger partial charge in [0.15, 0.2) is 11.2 Å². The van der Waals surface area contributed by atoms with Gasteiger partial charge in [-0.15, -0.1) is 0 Å². The molecule has 6 nitrogen and oxygen atoms in total. The Kier molecular flexibility index (Phi) is 4.67. The first-order valence-electron chi connectivity index (χ1n) is 10.6. The molecule has 1 N–H and O–H groups in total. The molecule has 0 saturated heterocycles. The maximum absolute atomic E-state index is 13.7. The molecule has 0 aliphatic carbocycles. The smallest absolute Gasteiger partial charge is 0.295 e. The van der Waals surface area contributed by atoms with E-state index < -0.39 is 11.9 Å². The zero-order valence-corrected chi connectivity index (χ0v) is 18.4. The average Bonchev–Trinajstić information content (AvgIpc) is 3.08. The number of aromatic hydroxyl groups is 1. The number of anilines is 1. The Hall–Kier alpha value is -4.19. The topological polar surface area (TPSA) is 87.8 Å². The Balaban J connectivity index is 1.78. The number of hydrogen-bond acceptors (Lipinski definition) is 5. The number of benzene rings is 3. The molecule has 1 atom stereocenters. The van der Waals surface area contributed by atoms with Gasteiger partial charge >= 0.3 is 0 Å². The number of phenols is 1. The number of Topliss-reactive ketones (excluding diaryl/α,β-unsaturated/α-hetero) is 1. The third-order valence-corrected chi connectivity index (χ3v) is 6.25. The Morgan fingerprint density at radius 1 is 0.939 bits per heavy atom. The number of rotatable bonds is 3. The fourth-order valence-electron chi connectivity index (χ4n) is 4.32. The minimum Gasteiger partial charge on any atom is -0.508 e. The highest BCUT2D eigenvalue weighted by Gasteiger charge is 2.43. The standard InChI is InChI=1S/C27H21NO5/c1-14-12-21-22(13-15(14)2)33-26-23(25(21)31)24(18-6-10-20(30)11-7-18)28(27(26)32)19-8-4-17(5-9-19)16(3)29/h4-13,24,30H,1-3H3. The van der Waals surface area contributed by atoms with E-state index >= 15 is 0 Å². The van der Waals surface area contributed by atoms with Crippen LogP contribution in [0, 0.1) is 13.8 Å². The van der Waals surface area contributed by atoms with Crippen molar-refractivity contribution in [2.75, 3.05) is 4.90 Å². The number of nitrogens with zero attached hydrogens (tertiary/aromatic N) is 1. The van der Waals surface area contributed by atoms with Crippen molar-refractivity contribution in [3.05, 3.63) is 104 Å². The van der Waals surface area contributed by atoms with Gasteiger partial charge in [0.2, 0.25) is 5.76 Å². The van der Waals surface area contributed by atoms with Gasteiger partial charge in [-0.2, -0.15) is 0 Å². The van der Waals surface area contributed by atoms with E-state index in [0.717, 1.165) is 11.1 Å². The van der Waals surface area contributed by atoms with Crippen molar-refractivity contribution >= 4 is 28.3 Å². The quantitative estimate of drug-likeness (QED) is 0.451. The lowest BCUT2D eigenvalue weighted by Gasteiger charge is -2.25. The maximum atomic E-state index is 13.7. The van der Waals surface area contributed by atoms with E-state index in [0.29, 0.717) is 27.8 Å². The van der Waals surface area contributed by atoms with Crippen LogP contribution < -0.4 is 10.3 Å². The number of ketones is 1. The van der Waals surface area contributed by atoms with Gasteiger partial charge in [0.25, 0.3) is 5.91 Å². The van der Waals surface area contributed by atoms with E-state index in [4.69, 9.17) is 4.42 Å². The normalized spacial score (nSPS) is 15.2. The van der Waals surface area contributed by atoms with Crippen molar-refractivity contribution in [3.63, 3.8) is 0 Å². The first-order chi connectivity index (χ1) is 15.8. The number of hydrogen-bond donors (Lipinski definition) is 1. The fourth-order valence-corrected chi connectivity index (χ4v) is 4.32. The van der Waals surface area contributed by atoms with Crippen LogP contribution in [-0.4, -0.2) is 16.8 Å². The van der Waals surface area contributed by atoms with Crippen LogP contribution in [0.2, 0.25) is 0 Å². The summed E-state index contributed by atoms with van der Waals surface area (Å²) in [6, 6.07) is 15.9. The van der Waals surface area contributed by atoms with Crippen LogP contribution >= 0.6 is 0 Å². The van der Waals surface area contributed by atoms with E-state index in [1.165, 1.54) is 24.0 Å². The van der Waals surface area contributed by atoms with Gasteiger partial charge in [-0.3, -0.25) is 19.3 Å². The molecule has 4 aromatic rings. The van der Waals surface area contributed by atoms with Gasteiger partial charge in [-0.05, 0) is 86.0 Å². The zero-order chi connectivity index (χ0) is 23.4. The van der Waals surface area contributed by atoms with Crippen molar-refractivity contribution in [2.24, 2.45) is 0 Å². The summed E-state index contributed by atoms with van der Waals surface area (Å²) in [7, 11) is 0. The summed E-state index contributed by atoms with van der Waals surface area (Å²) in [5.41, 5.74) is 4.00. The second-order valence-electron chi connectivity index (χ2n) is 8.38. The van der Waals surface area contributed by atoms with E-state index in [1.54, 1.807) is 48.5 Å². The predicted octanol–water partition coefficient (Wildman–Crippen LogP) is 5.07. The van der Waals surface area contributed by atoms with Crippen molar-refractivity contribution in [3.8, 4) is 5.75 Å². The van der Waals surface area contributed by atoms with Crippen LogP contribution in [0.4, 0.5) is 5.69 Å². The number of phenolic OH excluding ortho intramolecular Hbond substituents is 1. The highest BCUT2D eigenvalue weighted by atomic mass is 16.3. The highest BCUT2D eigenvalue weighted by molar-refractivity contribution is 6.11. The molecule has 1 unspecified atom stereocenters. The molecule has 1 aromatic heterocycles. The Morgan fingerprint density at radius 2 is 1.58 bits per heavy atom. The van der Waals surface area contributed by atoms with E-state index in [-0.39, 0.29) is 28.3 Å². The maximum Gasteiger partial charge on any atom is 0.295 e. The van der Waals surface area contributed by atoms with Gasteiger partial charge in [-0.25, -0.2) is 0 Å². The third-order valence-electron chi connectivity index (χ3n) is 6.25. The molecular formula is C27H21NO5. The summed E-state index contributed by atoms with van der Waals surface area (Å²) in [5, 5.41) is 10.2. The van der Waals surface area contributed by atoms with Crippen molar-refractivity contribution in [1.29, 1.82) is 0 Å². The molecule has 0 spiro atoms. The molecule has 33 heavy (non-hydrogen) atoms. The predicted molar refractivity (Wildman–Crippen MR) is 125 cm³/mol. The van der Waals surface area contributed by atoms with Crippen molar-refractivity contribution < 1.29 is 19.1 Å². The van der Waals surface area contributed by atoms with E-state index in [9.17, 15) is 19.5 Å². The van der Waals surface area contributed by atoms with Crippen molar-refractivity contribution in [2.45, 2.75) is 26.8 Å². The molecule has 2 heterocycles. The lowest BCUT2D eigenvalue weighted by Crippen LogP contribution is -2.29. The van der Waals surface area contributed by atoms with Gasteiger partial charge in [0.1, 0.15) is 11.3 Å². The molecule has 0 bridgehead atoms. The SMILES string of the molecule is CC(=O)c1ccc(N2C(=O)c3oc4cc(C)c(C)cc4c(=O)c3C2c2ccc(O)cc2)cc1. The molecule has 0 radical (unpaired) electrons. The third kappa shape index (κ3) is 3.22. The molecule has 3 aromatic carbocycles. The Bertz CT molecular complexity index is 1500. The number of amides is 1. The first-order valence-corrected chi connectivity index (χ1v) is 10.6. The van der Waals surface area contributed by atoms with E-state index in [1.807, 2.05) is 13.8 Å². The molecule has 1 aliphatic rings. The minimum atomic E-state index is -0.737. The number of fused-ring (bicyclic) bond motifs is 2. The van der Waals surface area contributed by atoms with Gasteiger partial charge in [-0.1, -0.05) is 12.1 Å². The van der Waals surface area contributed by atoms with Crippen LogP contribution in [0.25, 0.3) is 11.0 Å². The summed E-state index contributed by atoms with van der Waals surface area (Å²) in [4.78, 5) is 40.5. The summed E-state index contributed by atoms with van der Waals surface area (Å²) in [6.07, 6.45) is 0. The molecule has 0 saturated carbocycles. The Morgan fingerprint density at radius 3 is 2.21 bits per heavy atom. The second-order valence-corrected chi connectivity index (χ2v) is 8.38. The zero-order valence-electron chi connectivity index (χ0n) is 18.4. The second kappa shape index (κ2) is 7.45. The average molecular weight is 439 g/mol. The molecule has 5 rings (SSSR count). The summed E-state index contributed by atoms with van der Waals surface area (Å²) in [6.45, 7) is 5.32. The summed E-state index contributed by atoms with van der Waals surface area (Å²) >= 11 is 0. The van der Waals surface area contributed by atoms with E-state index in [2.05, 4.69) is 0 Å². The first kappa shape index (κ1) is 20.7.